The Bertz CT molecular complexity index is 187. The van der Waals surface area contributed by atoms with Gasteiger partial charge < -0.3 is 5.32 Å². The summed E-state index contributed by atoms with van der Waals surface area (Å²) in [4.78, 5) is 0. The summed E-state index contributed by atoms with van der Waals surface area (Å²) in [5.41, 5.74) is 0. The first-order valence-corrected chi connectivity index (χ1v) is 8.55. The van der Waals surface area contributed by atoms with Gasteiger partial charge in [-0.1, -0.05) is 40.5 Å². The smallest absolute Gasteiger partial charge is 0.0186 e. The molecule has 2 atom stereocenters. The van der Waals surface area contributed by atoms with Crippen LogP contribution in [-0.2, 0) is 0 Å². The van der Waals surface area contributed by atoms with Crippen LogP contribution in [0.3, 0.4) is 0 Å². The SMILES string of the molecule is CCCNC(CSC(C)C(C)C)C1CCCC1. The molecule has 2 heteroatoms. The van der Waals surface area contributed by atoms with E-state index in [0.717, 1.165) is 23.1 Å². The second-order valence-electron chi connectivity index (χ2n) is 5.89. The molecular formula is C15H31NS. The number of rotatable bonds is 8. The molecule has 0 bridgehead atoms. The van der Waals surface area contributed by atoms with Gasteiger partial charge in [0, 0.05) is 17.0 Å². The van der Waals surface area contributed by atoms with Gasteiger partial charge in [0.25, 0.3) is 0 Å². The van der Waals surface area contributed by atoms with Crippen molar-refractivity contribution in [3.8, 4) is 0 Å². The zero-order chi connectivity index (χ0) is 12.7. The van der Waals surface area contributed by atoms with E-state index in [1.165, 1.54) is 44.4 Å². The first-order chi connectivity index (χ1) is 8.15. The highest BCUT2D eigenvalue weighted by Gasteiger charge is 2.25. The fourth-order valence-corrected chi connectivity index (χ4v) is 3.78. The third-order valence-electron chi connectivity index (χ3n) is 4.10. The van der Waals surface area contributed by atoms with Gasteiger partial charge in [-0.05, 0) is 37.6 Å². The van der Waals surface area contributed by atoms with Gasteiger partial charge in [-0.25, -0.2) is 0 Å². The van der Waals surface area contributed by atoms with E-state index >= 15 is 0 Å². The second kappa shape index (κ2) is 8.42. The lowest BCUT2D eigenvalue weighted by atomic mass is 9.99. The summed E-state index contributed by atoms with van der Waals surface area (Å²) in [6, 6.07) is 0.767. The van der Waals surface area contributed by atoms with Crippen LogP contribution in [0.1, 0.15) is 59.8 Å². The Balaban J connectivity index is 2.34. The van der Waals surface area contributed by atoms with E-state index in [4.69, 9.17) is 0 Å². The average Bonchev–Trinajstić information content (AvgIpc) is 2.82. The Morgan fingerprint density at radius 3 is 2.35 bits per heavy atom. The molecule has 0 spiro atoms. The van der Waals surface area contributed by atoms with Crippen LogP contribution in [0.5, 0.6) is 0 Å². The Hall–Kier alpha value is 0.310. The first kappa shape index (κ1) is 15.4. The van der Waals surface area contributed by atoms with E-state index in [9.17, 15) is 0 Å². The lowest BCUT2D eigenvalue weighted by molar-refractivity contribution is 0.387. The van der Waals surface area contributed by atoms with Crippen molar-refractivity contribution in [1.82, 2.24) is 5.32 Å². The second-order valence-corrected chi connectivity index (χ2v) is 7.30. The monoisotopic (exact) mass is 257 g/mol. The molecule has 0 aromatic rings. The van der Waals surface area contributed by atoms with Crippen LogP contribution in [0.4, 0.5) is 0 Å². The van der Waals surface area contributed by atoms with Gasteiger partial charge in [0.1, 0.15) is 0 Å². The molecule has 1 rings (SSSR count). The molecule has 0 saturated heterocycles. The largest absolute Gasteiger partial charge is 0.313 e. The van der Waals surface area contributed by atoms with Gasteiger partial charge in [-0.15, -0.1) is 0 Å². The predicted octanol–water partition coefficient (Wildman–Crippen LogP) is 4.32. The van der Waals surface area contributed by atoms with Crippen molar-refractivity contribution in [2.24, 2.45) is 11.8 Å². The molecule has 1 fully saturated rings. The van der Waals surface area contributed by atoms with Gasteiger partial charge in [0.05, 0.1) is 0 Å². The van der Waals surface area contributed by atoms with Crippen molar-refractivity contribution < 1.29 is 0 Å². The molecule has 1 N–H and O–H groups in total. The zero-order valence-electron chi connectivity index (χ0n) is 12.2. The fourth-order valence-electron chi connectivity index (χ4n) is 2.50. The van der Waals surface area contributed by atoms with Crippen LogP contribution in [0.25, 0.3) is 0 Å². The highest BCUT2D eigenvalue weighted by atomic mass is 32.2. The maximum Gasteiger partial charge on any atom is 0.0186 e. The molecule has 0 aromatic heterocycles. The van der Waals surface area contributed by atoms with Crippen molar-refractivity contribution in [2.75, 3.05) is 12.3 Å². The van der Waals surface area contributed by atoms with Gasteiger partial charge in [0.15, 0.2) is 0 Å². The molecule has 0 heterocycles. The summed E-state index contributed by atoms with van der Waals surface area (Å²) in [5.74, 6) is 3.06. The quantitative estimate of drug-likeness (QED) is 0.695. The van der Waals surface area contributed by atoms with Crippen molar-refractivity contribution >= 4 is 11.8 Å². The number of nitrogens with one attached hydrogen (secondary N) is 1. The van der Waals surface area contributed by atoms with Crippen LogP contribution >= 0.6 is 11.8 Å². The summed E-state index contributed by atoms with van der Waals surface area (Å²) >= 11 is 2.17. The summed E-state index contributed by atoms with van der Waals surface area (Å²) in [5, 5.41) is 4.58. The molecule has 0 aliphatic heterocycles. The third kappa shape index (κ3) is 5.65. The standard InChI is InChI=1S/C15H31NS/c1-5-10-16-15(14-8-6-7-9-14)11-17-13(4)12(2)3/h12-16H,5-11H2,1-4H3. The van der Waals surface area contributed by atoms with Crippen molar-refractivity contribution in [2.45, 2.75) is 71.1 Å². The fraction of sp³-hybridized carbons (Fsp3) is 1.00. The average molecular weight is 257 g/mol. The van der Waals surface area contributed by atoms with Crippen molar-refractivity contribution in [3.05, 3.63) is 0 Å². The first-order valence-electron chi connectivity index (χ1n) is 7.50. The minimum Gasteiger partial charge on any atom is -0.313 e. The molecule has 1 saturated carbocycles. The molecule has 2 unspecified atom stereocenters. The number of hydrogen-bond acceptors (Lipinski definition) is 2. The summed E-state index contributed by atoms with van der Waals surface area (Å²) in [6.45, 7) is 10.5. The molecule has 1 aliphatic carbocycles. The van der Waals surface area contributed by atoms with Crippen LogP contribution in [0.15, 0.2) is 0 Å². The lowest BCUT2D eigenvalue weighted by Gasteiger charge is -2.26. The maximum atomic E-state index is 3.78. The molecule has 1 aliphatic rings. The molecule has 0 radical (unpaired) electrons. The van der Waals surface area contributed by atoms with Gasteiger partial charge in [-0.2, -0.15) is 11.8 Å². The van der Waals surface area contributed by atoms with Crippen molar-refractivity contribution in [1.29, 1.82) is 0 Å². The maximum absolute atomic E-state index is 3.78. The van der Waals surface area contributed by atoms with E-state index in [0.29, 0.717) is 0 Å². The molecule has 1 nitrogen and oxygen atoms in total. The summed E-state index contributed by atoms with van der Waals surface area (Å²) in [7, 11) is 0. The topological polar surface area (TPSA) is 12.0 Å². The summed E-state index contributed by atoms with van der Waals surface area (Å²) < 4.78 is 0. The minimum absolute atomic E-state index is 0.767. The van der Waals surface area contributed by atoms with Gasteiger partial charge in [0.2, 0.25) is 0 Å². The van der Waals surface area contributed by atoms with Crippen LogP contribution in [0, 0.1) is 11.8 Å². The molecule has 0 amide bonds. The molecule has 17 heavy (non-hydrogen) atoms. The van der Waals surface area contributed by atoms with Crippen LogP contribution in [0.2, 0.25) is 0 Å². The molecule has 0 aromatic carbocycles. The Morgan fingerprint density at radius 2 is 1.82 bits per heavy atom. The number of thioether (sulfide) groups is 1. The Labute approximate surface area is 113 Å². The minimum atomic E-state index is 0.767. The van der Waals surface area contributed by atoms with E-state index in [2.05, 4.69) is 44.8 Å². The van der Waals surface area contributed by atoms with Crippen molar-refractivity contribution in [3.63, 3.8) is 0 Å². The van der Waals surface area contributed by atoms with E-state index in [-0.39, 0.29) is 0 Å². The highest BCUT2D eigenvalue weighted by molar-refractivity contribution is 7.99. The lowest BCUT2D eigenvalue weighted by Crippen LogP contribution is -2.38. The highest BCUT2D eigenvalue weighted by Crippen LogP contribution is 2.30. The van der Waals surface area contributed by atoms with Gasteiger partial charge in [-0.3, -0.25) is 0 Å². The predicted molar refractivity (Wildman–Crippen MR) is 80.8 cm³/mol. The van der Waals surface area contributed by atoms with Crippen LogP contribution in [-0.4, -0.2) is 23.6 Å². The summed E-state index contributed by atoms with van der Waals surface area (Å²) in [6.07, 6.45) is 7.09. The van der Waals surface area contributed by atoms with E-state index < -0.39 is 0 Å². The molecular weight excluding hydrogens is 226 g/mol. The van der Waals surface area contributed by atoms with E-state index in [1.54, 1.807) is 0 Å². The molecule has 102 valence electrons. The van der Waals surface area contributed by atoms with Gasteiger partial charge >= 0.3 is 0 Å². The third-order valence-corrected chi connectivity index (χ3v) is 5.72. The Kier molecular flexibility index (Phi) is 7.61. The number of hydrogen-bond donors (Lipinski definition) is 1. The van der Waals surface area contributed by atoms with E-state index in [1.807, 2.05) is 0 Å². The zero-order valence-corrected chi connectivity index (χ0v) is 13.0. The normalized spacial score (nSPS) is 21.0. The Morgan fingerprint density at radius 1 is 1.18 bits per heavy atom. The van der Waals surface area contributed by atoms with Crippen LogP contribution < -0.4 is 5.32 Å².